The molecule has 118 valence electrons. The van der Waals surface area contributed by atoms with Gasteiger partial charge in [0.05, 0.1) is 11.4 Å². The van der Waals surface area contributed by atoms with Gasteiger partial charge in [-0.25, -0.2) is 8.42 Å². The van der Waals surface area contributed by atoms with Gasteiger partial charge < -0.3 is 4.42 Å². The summed E-state index contributed by atoms with van der Waals surface area (Å²) in [5.41, 5.74) is 2.45. The van der Waals surface area contributed by atoms with Crippen molar-refractivity contribution >= 4 is 26.0 Å². The van der Waals surface area contributed by atoms with Gasteiger partial charge >= 0.3 is 0 Å². The van der Waals surface area contributed by atoms with E-state index in [1.165, 1.54) is 21.9 Å². The molecule has 0 spiro atoms. The molecule has 4 nitrogen and oxygen atoms in total. The van der Waals surface area contributed by atoms with Gasteiger partial charge in [-0.2, -0.15) is 4.31 Å². The van der Waals surface area contributed by atoms with Crippen molar-refractivity contribution < 1.29 is 12.8 Å². The van der Waals surface area contributed by atoms with Crippen molar-refractivity contribution in [2.75, 3.05) is 7.05 Å². The summed E-state index contributed by atoms with van der Waals surface area (Å²) in [7, 11) is -1.93. The number of sulfonamides is 1. The van der Waals surface area contributed by atoms with E-state index in [4.69, 9.17) is 4.42 Å². The van der Waals surface area contributed by atoms with Crippen molar-refractivity contribution in [2.45, 2.75) is 37.1 Å². The van der Waals surface area contributed by atoms with Crippen molar-refractivity contribution in [1.82, 2.24) is 4.31 Å². The Morgan fingerprint density at radius 1 is 1.14 bits per heavy atom. The van der Waals surface area contributed by atoms with Crippen LogP contribution in [0.1, 0.15) is 29.7 Å². The quantitative estimate of drug-likeness (QED) is 0.807. The Labute approximate surface area is 139 Å². The molecule has 0 fully saturated rings. The molecule has 1 aliphatic rings. The third-order valence-electron chi connectivity index (χ3n) is 4.04. The SMILES string of the molecule is CN(Cc1ccc(Br)o1)S(=O)(=O)c1ccc2c(c1)CCCC2. The van der Waals surface area contributed by atoms with Crippen LogP contribution in [0.15, 0.2) is 44.3 Å². The summed E-state index contributed by atoms with van der Waals surface area (Å²) in [4.78, 5) is 0.362. The lowest BCUT2D eigenvalue weighted by atomic mass is 9.92. The van der Waals surface area contributed by atoms with E-state index in [1.807, 2.05) is 12.1 Å². The van der Waals surface area contributed by atoms with Crippen LogP contribution in [-0.4, -0.2) is 19.8 Å². The summed E-state index contributed by atoms with van der Waals surface area (Å²) < 4.78 is 32.7. The average molecular weight is 384 g/mol. The van der Waals surface area contributed by atoms with E-state index in [2.05, 4.69) is 15.9 Å². The molecule has 1 aromatic carbocycles. The number of aryl methyl sites for hydroxylation is 2. The molecule has 0 saturated heterocycles. The van der Waals surface area contributed by atoms with Gasteiger partial charge in [-0.3, -0.25) is 0 Å². The Morgan fingerprint density at radius 3 is 2.55 bits per heavy atom. The molecule has 0 unspecified atom stereocenters. The van der Waals surface area contributed by atoms with Gasteiger partial charge in [0.1, 0.15) is 5.76 Å². The van der Waals surface area contributed by atoms with Crippen LogP contribution in [-0.2, 0) is 29.4 Å². The summed E-state index contributed by atoms with van der Waals surface area (Å²) in [5, 5.41) is 0. The number of hydrogen-bond donors (Lipinski definition) is 0. The van der Waals surface area contributed by atoms with Crippen molar-refractivity contribution in [3.8, 4) is 0 Å². The van der Waals surface area contributed by atoms with E-state index in [0.717, 1.165) is 19.3 Å². The average Bonchev–Trinajstić information content (AvgIpc) is 2.91. The number of furan rings is 1. The highest BCUT2D eigenvalue weighted by Gasteiger charge is 2.23. The fourth-order valence-electron chi connectivity index (χ4n) is 2.79. The van der Waals surface area contributed by atoms with E-state index in [0.29, 0.717) is 15.3 Å². The smallest absolute Gasteiger partial charge is 0.243 e. The van der Waals surface area contributed by atoms with Gasteiger partial charge in [0.2, 0.25) is 10.0 Å². The molecule has 1 heterocycles. The van der Waals surface area contributed by atoms with Crippen LogP contribution in [0.4, 0.5) is 0 Å². The Hall–Kier alpha value is -1.11. The van der Waals surface area contributed by atoms with E-state index < -0.39 is 10.0 Å². The molecule has 1 aliphatic carbocycles. The maximum Gasteiger partial charge on any atom is 0.243 e. The first-order valence-electron chi connectivity index (χ1n) is 7.29. The molecule has 22 heavy (non-hydrogen) atoms. The van der Waals surface area contributed by atoms with Gasteiger partial charge in [-0.15, -0.1) is 0 Å². The lowest BCUT2D eigenvalue weighted by Crippen LogP contribution is -2.26. The van der Waals surface area contributed by atoms with Crippen molar-refractivity contribution in [3.63, 3.8) is 0 Å². The predicted molar refractivity (Wildman–Crippen MR) is 88.1 cm³/mol. The van der Waals surface area contributed by atoms with E-state index in [-0.39, 0.29) is 6.54 Å². The molecule has 0 radical (unpaired) electrons. The molecule has 6 heteroatoms. The highest BCUT2D eigenvalue weighted by atomic mass is 79.9. The molecular weight excluding hydrogens is 366 g/mol. The van der Waals surface area contributed by atoms with Gasteiger partial charge in [0.25, 0.3) is 0 Å². The minimum atomic E-state index is -3.50. The molecule has 0 bridgehead atoms. The lowest BCUT2D eigenvalue weighted by molar-refractivity contribution is 0.398. The van der Waals surface area contributed by atoms with Crippen LogP contribution in [0.3, 0.4) is 0 Å². The predicted octanol–water partition coefficient (Wildman–Crippen LogP) is 3.74. The molecule has 0 N–H and O–H groups in total. The second-order valence-corrected chi connectivity index (χ2v) is 8.43. The maximum atomic E-state index is 12.7. The van der Waals surface area contributed by atoms with Crippen LogP contribution < -0.4 is 0 Å². The van der Waals surface area contributed by atoms with Gasteiger partial charge in [-0.05, 0) is 77.0 Å². The molecule has 0 aliphatic heterocycles. The Balaban J connectivity index is 1.85. The molecular formula is C16H18BrNO3S. The third-order valence-corrected chi connectivity index (χ3v) is 6.26. The Bertz CT molecular complexity index is 782. The van der Waals surface area contributed by atoms with Crippen molar-refractivity contribution in [3.05, 3.63) is 51.9 Å². The summed E-state index contributed by atoms with van der Waals surface area (Å²) in [6, 6.07) is 9.03. The van der Waals surface area contributed by atoms with Crippen LogP contribution >= 0.6 is 15.9 Å². The normalized spacial score (nSPS) is 15.0. The van der Waals surface area contributed by atoms with E-state index >= 15 is 0 Å². The van der Waals surface area contributed by atoms with Crippen LogP contribution in [0.5, 0.6) is 0 Å². The summed E-state index contributed by atoms with van der Waals surface area (Å²) in [5.74, 6) is 0.607. The molecule has 1 aromatic heterocycles. The molecule has 0 saturated carbocycles. The van der Waals surface area contributed by atoms with Crippen LogP contribution in [0.2, 0.25) is 0 Å². The largest absolute Gasteiger partial charge is 0.453 e. The fraction of sp³-hybridized carbons (Fsp3) is 0.375. The van der Waals surface area contributed by atoms with Gasteiger partial charge in [0.15, 0.2) is 4.67 Å². The zero-order valence-corrected chi connectivity index (χ0v) is 14.8. The van der Waals surface area contributed by atoms with Crippen molar-refractivity contribution in [2.24, 2.45) is 0 Å². The number of halogens is 1. The number of rotatable bonds is 4. The second-order valence-electron chi connectivity index (χ2n) is 5.60. The monoisotopic (exact) mass is 383 g/mol. The number of benzene rings is 1. The van der Waals surface area contributed by atoms with E-state index in [1.54, 1.807) is 25.2 Å². The van der Waals surface area contributed by atoms with Crippen LogP contribution in [0, 0.1) is 0 Å². The van der Waals surface area contributed by atoms with Gasteiger partial charge in [-0.1, -0.05) is 6.07 Å². The minimum absolute atomic E-state index is 0.213. The lowest BCUT2D eigenvalue weighted by Gasteiger charge is -2.19. The molecule has 0 amide bonds. The highest BCUT2D eigenvalue weighted by molar-refractivity contribution is 9.10. The standard InChI is InChI=1S/C16H18BrNO3S/c1-18(11-14-7-9-16(17)21-14)22(19,20)15-8-6-12-4-2-3-5-13(12)10-15/h6-10H,2-5,11H2,1H3. The third kappa shape index (κ3) is 3.14. The molecule has 0 atom stereocenters. The summed E-state index contributed by atoms with van der Waals surface area (Å²) >= 11 is 3.22. The highest BCUT2D eigenvalue weighted by Crippen LogP contribution is 2.26. The van der Waals surface area contributed by atoms with E-state index in [9.17, 15) is 8.42 Å². The molecule has 2 aromatic rings. The zero-order valence-electron chi connectivity index (χ0n) is 12.4. The molecule has 3 rings (SSSR count). The fourth-order valence-corrected chi connectivity index (χ4v) is 4.32. The zero-order chi connectivity index (χ0) is 15.7. The number of fused-ring (bicyclic) bond motifs is 1. The van der Waals surface area contributed by atoms with Gasteiger partial charge in [0, 0.05) is 7.05 Å². The van der Waals surface area contributed by atoms with Crippen molar-refractivity contribution in [1.29, 1.82) is 0 Å². The summed E-state index contributed by atoms with van der Waals surface area (Å²) in [6.07, 6.45) is 4.33. The maximum absolute atomic E-state index is 12.7. The number of hydrogen-bond acceptors (Lipinski definition) is 3. The summed E-state index contributed by atoms with van der Waals surface area (Å²) in [6.45, 7) is 0.213. The number of nitrogens with zero attached hydrogens (tertiary/aromatic N) is 1. The minimum Gasteiger partial charge on any atom is -0.453 e. The first kappa shape index (κ1) is 15.8. The topological polar surface area (TPSA) is 50.5 Å². The Morgan fingerprint density at radius 2 is 1.86 bits per heavy atom. The first-order valence-corrected chi connectivity index (χ1v) is 9.52. The second kappa shape index (κ2) is 6.18. The Kier molecular flexibility index (Phi) is 4.43. The van der Waals surface area contributed by atoms with Crippen LogP contribution in [0.25, 0.3) is 0 Å². The first-order chi connectivity index (χ1) is 10.5.